The molecule has 0 radical (unpaired) electrons. The van der Waals surface area contributed by atoms with Crippen LogP contribution in [0, 0.1) is 0 Å². The zero-order chi connectivity index (χ0) is 30.4. The maximum absolute atomic E-state index is 7.14. The van der Waals surface area contributed by atoms with E-state index in [0.29, 0.717) is 0 Å². The van der Waals surface area contributed by atoms with Crippen LogP contribution in [0.5, 0.6) is 0 Å². The van der Waals surface area contributed by atoms with Gasteiger partial charge in [0.05, 0.1) is 0 Å². The van der Waals surface area contributed by atoms with Gasteiger partial charge in [0.25, 0.3) is 0 Å². The van der Waals surface area contributed by atoms with E-state index in [2.05, 4.69) is 109 Å². The number of fused-ring (bicyclic) bond motifs is 9. The number of nitrogens with two attached hydrogens (primary N) is 4. The van der Waals surface area contributed by atoms with E-state index in [9.17, 15) is 0 Å². The van der Waals surface area contributed by atoms with E-state index < -0.39 is 5.66 Å². The van der Waals surface area contributed by atoms with Crippen molar-refractivity contribution in [2.45, 2.75) is 5.66 Å². The minimum absolute atomic E-state index is 0.771. The second kappa shape index (κ2) is 9.16. The average Bonchev–Trinajstić information content (AvgIpc) is 3.30. The van der Waals surface area contributed by atoms with Crippen molar-refractivity contribution in [3.8, 4) is 33.4 Å². The van der Waals surface area contributed by atoms with Crippen molar-refractivity contribution < 1.29 is 0 Å². The van der Waals surface area contributed by atoms with Gasteiger partial charge < -0.3 is 22.9 Å². The lowest BCUT2D eigenvalue weighted by atomic mass is 9.89. The third kappa shape index (κ3) is 3.87. The Morgan fingerprint density at radius 2 is 0.667 bits per heavy atom. The molecular weight excluding hydrogens is 548 g/mol. The van der Waals surface area contributed by atoms with Gasteiger partial charge >= 0.3 is 0 Å². The van der Waals surface area contributed by atoms with Crippen molar-refractivity contribution in [3.05, 3.63) is 145 Å². The van der Waals surface area contributed by atoms with Gasteiger partial charge in [0.2, 0.25) is 0 Å². The molecule has 0 aromatic heterocycles. The predicted molar refractivity (Wildman–Crippen MR) is 191 cm³/mol. The van der Waals surface area contributed by atoms with E-state index in [1.165, 1.54) is 0 Å². The average molecular weight is 579 g/mol. The largest absolute Gasteiger partial charge is 0.399 e. The monoisotopic (exact) mass is 578 g/mol. The van der Waals surface area contributed by atoms with Crippen LogP contribution in [0.2, 0.25) is 0 Å². The molecule has 0 saturated carbocycles. The van der Waals surface area contributed by atoms with Crippen LogP contribution in [-0.2, 0) is 5.66 Å². The molecule has 0 spiro atoms. The summed E-state index contributed by atoms with van der Waals surface area (Å²) in [5.74, 6) is 0. The van der Waals surface area contributed by atoms with Crippen LogP contribution in [0.4, 0.5) is 11.4 Å². The first-order valence-electron chi connectivity index (χ1n) is 15.2. The lowest BCUT2D eigenvalue weighted by Crippen LogP contribution is -2.45. The summed E-state index contributed by atoms with van der Waals surface area (Å²) in [5.41, 5.74) is 35.4. The summed E-state index contributed by atoms with van der Waals surface area (Å²) in [6.45, 7) is 0. The van der Waals surface area contributed by atoms with Crippen LogP contribution in [0.3, 0.4) is 0 Å². The van der Waals surface area contributed by atoms with Crippen molar-refractivity contribution in [3.63, 3.8) is 0 Å². The molecule has 8 aromatic carbocycles. The highest BCUT2D eigenvalue weighted by Crippen LogP contribution is 2.50. The molecule has 9 rings (SSSR count). The minimum Gasteiger partial charge on any atom is -0.399 e. The van der Waals surface area contributed by atoms with E-state index in [1.807, 2.05) is 24.3 Å². The van der Waals surface area contributed by atoms with Crippen LogP contribution < -0.4 is 22.9 Å². The number of hydrogen-bond acceptors (Lipinski definition) is 4. The molecule has 1 aliphatic carbocycles. The molecule has 8 N–H and O–H groups in total. The van der Waals surface area contributed by atoms with E-state index in [4.69, 9.17) is 22.9 Å². The quantitative estimate of drug-likeness (QED) is 0.121. The molecule has 0 fully saturated rings. The fourth-order valence-corrected chi connectivity index (χ4v) is 7.37. The molecule has 0 saturated heterocycles. The second-order valence-electron chi connectivity index (χ2n) is 12.4. The van der Waals surface area contributed by atoms with Crippen LogP contribution >= 0.6 is 0 Å². The lowest BCUT2D eigenvalue weighted by molar-refractivity contribution is 0.594. The third-order valence-corrected chi connectivity index (χ3v) is 9.55. The maximum Gasteiger partial charge on any atom is 0.119 e. The molecule has 8 aromatic rings. The predicted octanol–water partition coefficient (Wildman–Crippen LogP) is 8.90. The highest BCUT2D eigenvalue weighted by atomic mass is 15.0. The summed E-state index contributed by atoms with van der Waals surface area (Å²) >= 11 is 0. The topological polar surface area (TPSA) is 104 Å². The number of nitrogen functional groups attached to an aromatic ring is 2. The summed E-state index contributed by atoms with van der Waals surface area (Å²) in [4.78, 5) is 0. The smallest absolute Gasteiger partial charge is 0.119 e. The Morgan fingerprint density at radius 3 is 1.11 bits per heavy atom. The molecule has 4 heteroatoms. The van der Waals surface area contributed by atoms with E-state index in [0.717, 1.165) is 99.0 Å². The van der Waals surface area contributed by atoms with E-state index in [1.54, 1.807) is 0 Å². The molecule has 45 heavy (non-hydrogen) atoms. The Balaban J connectivity index is 1.14. The molecule has 0 atom stereocenters. The van der Waals surface area contributed by atoms with E-state index >= 15 is 0 Å². The Morgan fingerprint density at radius 1 is 0.333 bits per heavy atom. The van der Waals surface area contributed by atoms with Crippen molar-refractivity contribution in [2.75, 3.05) is 11.5 Å². The van der Waals surface area contributed by atoms with Crippen LogP contribution in [-0.4, -0.2) is 0 Å². The van der Waals surface area contributed by atoms with Gasteiger partial charge in [0.1, 0.15) is 5.66 Å². The standard InChI is InChI=1S/C41H30N4/c42-33-11-5-25-17-23(1-3-29(25)21-33)27-7-13-35-31(19-27)9-15-37-38-16-10-32-20-28(8-14-36(32)40(38)41(44,45)39(35)37)24-2-4-30-22-34(43)12-6-26(30)18-24/h1-22H,42-45H2. The zero-order valence-electron chi connectivity index (χ0n) is 24.5. The van der Waals surface area contributed by atoms with Gasteiger partial charge in [-0.2, -0.15) is 0 Å². The fourth-order valence-electron chi connectivity index (χ4n) is 7.37. The molecule has 1 aliphatic rings. The van der Waals surface area contributed by atoms with E-state index in [-0.39, 0.29) is 0 Å². The summed E-state index contributed by atoms with van der Waals surface area (Å²) < 4.78 is 0. The summed E-state index contributed by atoms with van der Waals surface area (Å²) in [6.07, 6.45) is 0. The number of rotatable bonds is 2. The lowest BCUT2D eigenvalue weighted by Gasteiger charge is -2.24. The van der Waals surface area contributed by atoms with Gasteiger partial charge in [-0.25, -0.2) is 0 Å². The summed E-state index contributed by atoms with van der Waals surface area (Å²) in [7, 11) is 0. The molecule has 0 heterocycles. The SMILES string of the molecule is Nc1ccc2cc(-c3ccc4c5c(ccc4c3)-c3ccc4cc(-c6ccc7cc(N)ccc7c6)ccc4c3C5(N)N)ccc2c1. The first kappa shape index (κ1) is 25.8. The van der Waals surface area contributed by atoms with Crippen LogP contribution in [0.1, 0.15) is 11.1 Å². The Kier molecular flexibility index (Phi) is 5.25. The van der Waals surface area contributed by atoms with Gasteiger partial charge in [-0.15, -0.1) is 0 Å². The Bertz CT molecular complexity index is 2370. The van der Waals surface area contributed by atoms with Gasteiger partial charge in [0.15, 0.2) is 0 Å². The molecule has 0 unspecified atom stereocenters. The second-order valence-corrected chi connectivity index (χ2v) is 12.4. The van der Waals surface area contributed by atoms with Crippen LogP contribution in [0.15, 0.2) is 133 Å². The van der Waals surface area contributed by atoms with Gasteiger partial charge in [-0.3, -0.25) is 0 Å². The molecule has 4 nitrogen and oxygen atoms in total. The molecular formula is C41H30N4. The fraction of sp³-hybridized carbons (Fsp3) is 0.0244. The van der Waals surface area contributed by atoms with Gasteiger partial charge in [-0.1, -0.05) is 84.9 Å². The van der Waals surface area contributed by atoms with Gasteiger partial charge in [-0.05, 0) is 125 Å². The first-order chi connectivity index (χ1) is 21.8. The molecule has 0 bridgehead atoms. The first-order valence-corrected chi connectivity index (χ1v) is 15.2. The maximum atomic E-state index is 7.14. The Hall–Kier alpha value is -5.68. The number of benzene rings is 8. The molecule has 214 valence electrons. The number of hydrogen-bond donors (Lipinski definition) is 4. The molecule has 0 amide bonds. The summed E-state index contributed by atoms with van der Waals surface area (Å²) in [6, 6.07) is 46.9. The highest BCUT2D eigenvalue weighted by Gasteiger charge is 2.39. The Labute approximate surface area is 260 Å². The third-order valence-electron chi connectivity index (χ3n) is 9.55. The van der Waals surface area contributed by atoms with Gasteiger partial charge in [0, 0.05) is 22.5 Å². The van der Waals surface area contributed by atoms with Crippen LogP contribution in [0.25, 0.3) is 76.5 Å². The van der Waals surface area contributed by atoms with Crippen molar-refractivity contribution >= 4 is 54.5 Å². The molecule has 0 aliphatic heterocycles. The van der Waals surface area contributed by atoms with Crippen molar-refractivity contribution in [1.29, 1.82) is 0 Å². The minimum atomic E-state index is -1.14. The van der Waals surface area contributed by atoms with Crippen molar-refractivity contribution in [1.82, 2.24) is 0 Å². The number of anilines is 2. The highest BCUT2D eigenvalue weighted by molar-refractivity contribution is 6.05. The normalized spacial score (nSPS) is 13.5. The zero-order valence-corrected chi connectivity index (χ0v) is 24.5. The summed E-state index contributed by atoms with van der Waals surface area (Å²) in [5, 5.41) is 8.97. The van der Waals surface area contributed by atoms with Crippen molar-refractivity contribution in [2.24, 2.45) is 11.5 Å².